The Bertz CT molecular complexity index is 548. The molecule has 1 atom stereocenters. The van der Waals surface area contributed by atoms with Crippen molar-refractivity contribution in [2.45, 2.75) is 72.1 Å². The van der Waals surface area contributed by atoms with E-state index in [1.54, 1.807) is 0 Å². The van der Waals surface area contributed by atoms with Gasteiger partial charge in [0.15, 0.2) is 0 Å². The van der Waals surface area contributed by atoms with Crippen molar-refractivity contribution in [2.24, 2.45) is 4.99 Å². The summed E-state index contributed by atoms with van der Waals surface area (Å²) in [5.74, 6) is -0.698. The van der Waals surface area contributed by atoms with E-state index in [1.807, 2.05) is 13.8 Å². The summed E-state index contributed by atoms with van der Waals surface area (Å²) in [6, 6.07) is 6.49. The summed E-state index contributed by atoms with van der Waals surface area (Å²) in [6.07, 6.45) is 4.10. The van der Waals surface area contributed by atoms with E-state index >= 15 is 0 Å². The Morgan fingerprint density at radius 1 is 1.18 bits per heavy atom. The Labute approximate surface area is 134 Å². The molecule has 0 fully saturated rings. The molecule has 1 heterocycles. The molecular formula is C19H29NO2. The van der Waals surface area contributed by atoms with Crippen LogP contribution in [-0.4, -0.2) is 16.8 Å². The first-order valence-corrected chi connectivity index (χ1v) is 8.32. The summed E-state index contributed by atoms with van der Waals surface area (Å²) < 4.78 is 0. The van der Waals surface area contributed by atoms with Crippen LogP contribution in [0.2, 0.25) is 0 Å². The SMILES string of the molecule is CC.CC1=Nc2cc(C)ccc2C1(C)CCCCCC(=O)O. The lowest BCUT2D eigenvalue weighted by molar-refractivity contribution is -0.137. The Balaban J connectivity index is 0.00000116. The molecule has 0 spiro atoms. The zero-order valence-electron chi connectivity index (χ0n) is 14.6. The van der Waals surface area contributed by atoms with Gasteiger partial charge in [-0.1, -0.05) is 45.7 Å². The molecule has 3 nitrogen and oxygen atoms in total. The average molecular weight is 303 g/mol. The summed E-state index contributed by atoms with van der Waals surface area (Å²) in [6.45, 7) is 10.4. The predicted molar refractivity (Wildman–Crippen MR) is 93.4 cm³/mol. The fraction of sp³-hybridized carbons (Fsp3) is 0.579. The molecule has 22 heavy (non-hydrogen) atoms. The van der Waals surface area contributed by atoms with Crippen molar-refractivity contribution in [3.8, 4) is 0 Å². The lowest BCUT2D eigenvalue weighted by atomic mass is 9.75. The molecule has 1 aromatic carbocycles. The van der Waals surface area contributed by atoms with E-state index < -0.39 is 5.97 Å². The van der Waals surface area contributed by atoms with Crippen LogP contribution in [0.1, 0.15) is 70.9 Å². The van der Waals surface area contributed by atoms with Crippen LogP contribution in [0.25, 0.3) is 0 Å². The van der Waals surface area contributed by atoms with Crippen LogP contribution in [-0.2, 0) is 10.2 Å². The van der Waals surface area contributed by atoms with Crippen molar-refractivity contribution in [3.05, 3.63) is 29.3 Å². The number of rotatable bonds is 6. The van der Waals surface area contributed by atoms with Crippen molar-refractivity contribution >= 4 is 17.4 Å². The van der Waals surface area contributed by atoms with Crippen LogP contribution in [0.5, 0.6) is 0 Å². The molecule has 2 rings (SSSR count). The maximum Gasteiger partial charge on any atom is 0.303 e. The lowest BCUT2D eigenvalue weighted by Crippen LogP contribution is -2.27. The lowest BCUT2D eigenvalue weighted by Gasteiger charge is -2.26. The molecule has 0 radical (unpaired) electrons. The zero-order chi connectivity index (χ0) is 16.8. The molecule has 1 aromatic rings. The number of carboxylic acids is 1. The van der Waals surface area contributed by atoms with Crippen molar-refractivity contribution in [3.63, 3.8) is 0 Å². The van der Waals surface area contributed by atoms with Gasteiger partial charge in [-0.3, -0.25) is 9.79 Å². The second kappa shape index (κ2) is 8.11. The molecule has 122 valence electrons. The minimum atomic E-state index is -0.698. The molecule has 1 aliphatic rings. The highest BCUT2D eigenvalue weighted by Crippen LogP contribution is 2.43. The predicted octanol–water partition coefficient (Wildman–Crippen LogP) is 5.42. The van der Waals surface area contributed by atoms with Crippen LogP contribution in [0.15, 0.2) is 23.2 Å². The number of hydrogen-bond donors (Lipinski definition) is 1. The minimum Gasteiger partial charge on any atom is -0.481 e. The van der Waals surface area contributed by atoms with Crippen LogP contribution in [0.3, 0.4) is 0 Å². The van der Waals surface area contributed by atoms with Gasteiger partial charge < -0.3 is 5.11 Å². The van der Waals surface area contributed by atoms with Crippen LogP contribution < -0.4 is 0 Å². The Morgan fingerprint density at radius 2 is 1.86 bits per heavy atom. The van der Waals surface area contributed by atoms with E-state index in [4.69, 9.17) is 10.1 Å². The Morgan fingerprint density at radius 3 is 2.50 bits per heavy atom. The maximum absolute atomic E-state index is 10.5. The molecule has 0 aromatic heterocycles. The first-order chi connectivity index (χ1) is 10.4. The fourth-order valence-corrected chi connectivity index (χ4v) is 2.95. The number of nitrogens with zero attached hydrogens (tertiary/aromatic N) is 1. The van der Waals surface area contributed by atoms with Crippen molar-refractivity contribution in [1.82, 2.24) is 0 Å². The van der Waals surface area contributed by atoms with E-state index in [1.165, 1.54) is 16.8 Å². The van der Waals surface area contributed by atoms with Gasteiger partial charge in [0.2, 0.25) is 0 Å². The first kappa shape index (κ1) is 18.4. The van der Waals surface area contributed by atoms with E-state index in [9.17, 15) is 4.79 Å². The third-order valence-corrected chi connectivity index (χ3v) is 4.40. The molecule has 0 saturated carbocycles. The number of benzene rings is 1. The quantitative estimate of drug-likeness (QED) is 0.713. The number of carbonyl (C=O) groups is 1. The highest BCUT2D eigenvalue weighted by Gasteiger charge is 2.35. The molecule has 1 aliphatic heterocycles. The van der Waals surface area contributed by atoms with E-state index in [0.717, 1.165) is 31.4 Å². The smallest absolute Gasteiger partial charge is 0.303 e. The normalized spacial score (nSPS) is 19.0. The number of aryl methyl sites for hydroxylation is 1. The van der Waals surface area contributed by atoms with Gasteiger partial charge in [-0.25, -0.2) is 0 Å². The zero-order valence-corrected chi connectivity index (χ0v) is 14.6. The summed E-state index contributed by atoms with van der Waals surface area (Å²) in [5.41, 5.74) is 4.86. The average Bonchev–Trinajstić information content (AvgIpc) is 2.71. The van der Waals surface area contributed by atoms with Crippen LogP contribution in [0, 0.1) is 6.92 Å². The van der Waals surface area contributed by atoms with Gasteiger partial charge in [0.25, 0.3) is 0 Å². The van der Waals surface area contributed by atoms with Gasteiger partial charge in [0.1, 0.15) is 0 Å². The van der Waals surface area contributed by atoms with Crippen molar-refractivity contribution < 1.29 is 9.90 Å². The van der Waals surface area contributed by atoms with Gasteiger partial charge >= 0.3 is 5.97 Å². The minimum absolute atomic E-state index is 0.0201. The molecular weight excluding hydrogens is 274 g/mol. The highest BCUT2D eigenvalue weighted by molar-refractivity contribution is 5.99. The standard InChI is InChI=1S/C17H23NO2.C2H6/c1-12-8-9-14-15(11-12)18-13(2)17(14,3)10-6-4-5-7-16(19)20;1-2/h8-9,11H,4-7,10H2,1-3H3,(H,19,20);1-2H3. The second-order valence-electron chi connectivity index (χ2n) is 6.00. The molecule has 0 bridgehead atoms. The molecule has 0 saturated heterocycles. The molecule has 1 unspecified atom stereocenters. The fourth-order valence-electron chi connectivity index (χ4n) is 2.95. The highest BCUT2D eigenvalue weighted by atomic mass is 16.4. The van der Waals surface area contributed by atoms with Gasteiger partial charge in [0.05, 0.1) is 5.69 Å². The molecule has 0 amide bonds. The van der Waals surface area contributed by atoms with Crippen LogP contribution >= 0.6 is 0 Å². The van der Waals surface area contributed by atoms with Gasteiger partial charge in [-0.05, 0) is 43.9 Å². The van der Waals surface area contributed by atoms with Gasteiger partial charge in [0, 0.05) is 17.5 Å². The number of fused-ring (bicyclic) bond motifs is 1. The molecule has 0 aliphatic carbocycles. The van der Waals surface area contributed by atoms with Crippen LogP contribution in [0.4, 0.5) is 5.69 Å². The largest absolute Gasteiger partial charge is 0.481 e. The third-order valence-electron chi connectivity index (χ3n) is 4.40. The number of unbranched alkanes of at least 4 members (excludes halogenated alkanes) is 2. The van der Waals surface area contributed by atoms with E-state index in [2.05, 4.69) is 39.0 Å². The number of carboxylic acid groups (broad SMARTS) is 1. The summed E-state index contributed by atoms with van der Waals surface area (Å²) in [5, 5.41) is 8.65. The maximum atomic E-state index is 10.5. The molecule has 3 heteroatoms. The Kier molecular flexibility index (Phi) is 6.79. The van der Waals surface area contributed by atoms with E-state index in [0.29, 0.717) is 0 Å². The monoisotopic (exact) mass is 303 g/mol. The van der Waals surface area contributed by atoms with Crippen molar-refractivity contribution in [2.75, 3.05) is 0 Å². The second-order valence-corrected chi connectivity index (χ2v) is 6.00. The number of aliphatic carboxylic acids is 1. The third kappa shape index (κ3) is 4.19. The Hall–Kier alpha value is -1.64. The summed E-state index contributed by atoms with van der Waals surface area (Å²) >= 11 is 0. The summed E-state index contributed by atoms with van der Waals surface area (Å²) in [7, 11) is 0. The van der Waals surface area contributed by atoms with Gasteiger partial charge in [-0.2, -0.15) is 0 Å². The number of hydrogen-bond acceptors (Lipinski definition) is 2. The summed E-state index contributed by atoms with van der Waals surface area (Å²) in [4.78, 5) is 15.2. The van der Waals surface area contributed by atoms with Crippen molar-refractivity contribution in [1.29, 1.82) is 0 Å². The molecule has 1 N–H and O–H groups in total. The van der Waals surface area contributed by atoms with Gasteiger partial charge in [-0.15, -0.1) is 0 Å². The topological polar surface area (TPSA) is 49.7 Å². The van der Waals surface area contributed by atoms with E-state index in [-0.39, 0.29) is 11.8 Å². The number of aliphatic imine (C=N–C) groups is 1. The first-order valence-electron chi connectivity index (χ1n) is 8.32.